The first-order valence-corrected chi connectivity index (χ1v) is 6.74. The summed E-state index contributed by atoms with van der Waals surface area (Å²) >= 11 is 9.32. The van der Waals surface area contributed by atoms with Crippen LogP contribution in [0.15, 0.2) is 22.7 Å². The molecule has 96 valence electrons. The normalized spacial score (nSPS) is 12.0. The number of aromatic nitrogens is 2. The molecule has 0 aliphatic carbocycles. The fourth-order valence-corrected chi connectivity index (χ4v) is 2.45. The second-order valence-corrected chi connectivity index (χ2v) is 5.74. The third-order valence-corrected chi connectivity index (χ3v) is 3.70. The Morgan fingerprint density at radius 1 is 1.56 bits per heavy atom. The zero-order valence-electron chi connectivity index (χ0n) is 10.1. The number of benzene rings is 1. The number of rotatable bonds is 3. The lowest BCUT2D eigenvalue weighted by atomic mass is 10.0. The van der Waals surface area contributed by atoms with Gasteiger partial charge in [0.1, 0.15) is 11.4 Å². The molecule has 0 aliphatic heterocycles. The zero-order chi connectivity index (χ0) is 13.5. The summed E-state index contributed by atoms with van der Waals surface area (Å²) in [6.45, 7) is 3.51. The van der Waals surface area contributed by atoms with Crippen LogP contribution in [-0.2, 0) is 16.2 Å². The van der Waals surface area contributed by atoms with E-state index in [0.29, 0.717) is 5.82 Å². The number of carbonyl (C=O) groups excluding carboxylic acids is 1. The predicted molar refractivity (Wildman–Crippen MR) is 75.5 cm³/mol. The first kappa shape index (κ1) is 13.4. The first-order chi connectivity index (χ1) is 8.37. The molecule has 18 heavy (non-hydrogen) atoms. The minimum atomic E-state index is -0.875. The van der Waals surface area contributed by atoms with E-state index in [1.807, 2.05) is 18.2 Å². The molecule has 0 unspecified atom stereocenters. The van der Waals surface area contributed by atoms with Crippen LogP contribution in [0.25, 0.3) is 11.0 Å². The summed E-state index contributed by atoms with van der Waals surface area (Å²) in [5.41, 5.74) is 6.23. The Labute approximate surface area is 118 Å². The summed E-state index contributed by atoms with van der Waals surface area (Å²) in [6.07, 6.45) is 0. The van der Waals surface area contributed by atoms with Gasteiger partial charge in [-0.3, -0.25) is 4.79 Å². The minimum Gasteiger partial charge on any atom is -0.368 e. The Hall–Kier alpha value is -1.07. The minimum absolute atomic E-state index is 0.225. The number of imidazole rings is 1. The third-order valence-electron chi connectivity index (χ3n) is 2.97. The lowest BCUT2D eigenvalue weighted by Crippen LogP contribution is -2.41. The molecule has 0 saturated carbocycles. The maximum atomic E-state index is 11.6. The average molecular weight is 331 g/mol. The van der Waals surface area contributed by atoms with E-state index in [9.17, 15) is 4.79 Å². The van der Waals surface area contributed by atoms with Crippen LogP contribution >= 0.6 is 27.5 Å². The molecular formula is C12H13BrClN3O. The number of nitrogens with two attached hydrogens (primary N) is 1. The number of halogens is 2. The van der Waals surface area contributed by atoms with E-state index >= 15 is 0 Å². The standard InChI is InChI=1S/C12H13BrClN3O/c1-12(2,11(15)18)17-9-5-7(13)3-4-8(9)16-10(17)6-14/h3-5H,6H2,1-2H3,(H2,15,18). The molecule has 1 amide bonds. The molecule has 0 atom stereocenters. The van der Waals surface area contributed by atoms with Crippen molar-refractivity contribution in [3.05, 3.63) is 28.5 Å². The second-order valence-electron chi connectivity index (χ2n) is 4.55. The van der Waals surface area contributed by atoms with E-state index in [4.69, 9.17) is 17.3 Å². The van der Waals surface area contributed by atoms with Crippen LogP contribution in [0, 0.1) is 0 Å². The van der Waals surface area contributed by atoms with E-state index < -0.39 is 11.4 Å². The van der Waals surface area contributed by atoms with Crippen LogP contribution in [-0.4, -0.2) is 15.5 Å². The molecule has 1 aromatic carbocycles. The van der Waals surface area contributed by atoms with Gasteiger partial charge >= 0.3 is 0 Å². The molecule has 1 aromatic heterocycles. The summed E-state index contributed by atoms with van der Waals surface area (Å²) in [5, 5.41) is 0. The van der Waals surface area contributed by atoms with Crippen LogP contribution in [0.5, 0.6) is 0 Å². The van der Waals surface area contributed by atoms with Crippen LogP contribution in [0.3, 0.4) is 0 Å². The van der Waals surface area contributed by atoms with Crippen molar-refractivity contribution in [2.24, 2.45) is 5.73 Å². The predicted octanol–water partition coefficient (Wildman–Crippen LogP) is 2.76. The highest BCUT2D eigenvalue weighted by Crippen LogP contribution is 2.28. The fourth-order valence-electron chi connectivity index (χ4n) is 1.92. The van der Waals surface area contributed by atoms with E-state index in [1.54, 1.807) is 18.4 Å². The van der Waals surface area contributed by atoms with Crippen LogP contribution in [0.4, 0.5) is 0 Å². The van der Waals surface area contributed by atoms with Crippen molar-refractivity contribution in [2.45, 2.75) is 25.3 Å². The molecular weight excluding hydrogens is 318 g/mol. The molecule has 0 saturated heterocycles. The molecule has 1 heterocycles. The Morgan fingerprint density at radius 3 is 2.78 bits per heavy atom. The smallest absolute Gasteiger partial charge is 0.243 e. The van der Waals surface area contributed by atoms with E-state index in [-0.39, 0.29) is 5.88 Å². The molecule has 0 spiro atoms. The van der Waals surface area contributed by atoms with E-state index in [2.05, 4.69) is 20.9 Å². The number of alkyl halides is 1. The van der Waals surface area contributed by atoms with Gasteiger partial charge in [0.25, 0.3) is 0 Å². The molecule has 0 bridgehead atoms. The molecule has 0 radical (unpaired) electrons. The topological polar surface area (TPSA) is 60.9 Å². The van der Waals surface area contributed by atoms with Crippen molar-refractivity contribution in [3.63, 3.8) is 0 Å². The number of amides is 1. The molecule has 2 N–H and O–H groups in total. The van der Waals surface area contributed by atoms with E-state index in [0.717, 1.165) is 15.5 Å². The summed E-state index contributed by atoms with van der Waals surface area (Å²) in [5.74, 6) is 0.435. The van der Waals surface area contributed by atoms with Gasteiger partial charge < -0.3 is 10.3 Å². The number of hydrogen-bond acceptors (Lipinski definition) is 2. The highest BCUT2D eigenvalue weighted by molar-refractivity contribution is 9.10. The van der Waals surface area contributed by atoms with Gasteiger partial charge in [-0.2, -0.15) is 0 Å². The van der Waals surface area contributed by atoms with Gasteiger partial charge in [0.05, 0.1) is 16.9 Å². The molecule has 2 aromatic rings. The molecule has 0 fully saturated rings. The van der Waals surface area contributed by atoms with Crippen molar-refractivity contribution in [2.75, 3.05) is 0 Å². The summed E-state index contributed by atoms with van der Waals surface area (Å²) in [7, 11) is 0. The number of fused-ring (bicyclic) bond motifs is 1. The second kappa shape index (κ2) is 4.55. The number of primary amides is 1. The number of nitrogens with zero attached hydrogens (tertiary/aromatic N) is 2. The Bertz CT molecular complexity index is 621. The van der Waals surface area contributed by atoms with Crippen molar-refractivity contribution in [1.29, 1.82) is 0 Å². The third kappa shape index (κ3) is 2.01. The van der Waals surface area contributed by atoms with Gasteiger partial charge in [0, 0.05) is 4.47 Å². The van der Waals surface area contributed by atoms with Crippen LogP contribution in [0.2, 0.25) is 0 Å². The van der Waals surface area contributed by atoms with Gasteiger partial charge in [-0.05, 0) is 32.0 Å². The van der Waals surface area contributed by atoms with Crippen molar-refractivity contribution in [1.82, 2.24) is 9.55 Å². The molecule has 2 rings (SSSR count). The number of hydrogen-bond donors (Lipinski definition) is 1. The zero-order valence-corrected chi connectivity index (χ0v) is 12.4. The summed E-state index contributed by atoms with van der Waals surface area (Å²) < 4.78 is 2.71. The average Bonchev–Trinajstić information content (AvgIpc) is 2.66. The number of carbonyl (C=O) groups is 1. The lowest BCUT2D eigenvalue weighted by Gasteiger charge is -2.25. The molecule has 0 aliphatic rings. The van der Waals surface area contributed by atoms with Gasteiger partial charge in [0.15, 0.2) is 0 Å². The Morgan fingerprint density at radius 2 is 2.22 bits per heavy atom. The highest BCUT2D eigenvalue weighted by Gasteiger charge is 2.31. The lowest BCUT2D eigenvalue weighted by molar-refractivity contribution is -0.125. The largest absolute Gasteiger partial charge is 0.368 e. The summed E-state index contributed by atoms with van der Waals surface area (Å²) in [4.78, 5) is 16.1. The van der Waals surface area contributed by atoms with Gasteiger partial charge in [-0.1, -0.05) is 15.9 Å². The maximum absolute atomic E-state index is 11.6. The summed E-state index contributed by atoms with van der Waals surface area (Å²) in [6, 6.07) is 5.68. The molecule has 6 heteroatoms. The highest BCUT2D eigenvalue weighted by atomic mass is 79.9. The van der Waals surface area contributed by atoms with Crippen molar-refractivity contribution < 1.29 is 4.79 Å². The van der Waals surface area contributed by atoms with E-state index in [1.165, 1.54) is 0 Å². The van der Waals surface area contributed by atoms with Crippen LogP contribution in [0.1, 0.15) is 19.7 Å². The van der Waals surface area contributed by atoms with Crippen molar-refractivity contribution >= 4 is 44.5 Å². The SMILES string of the molecule is CC(C)(C(N)=O)n1c(CCl)nc2ccc(Br)cc21. The van der Waals surface area contributed by atoms with Gasteiger partial charge in [-0.25, -0.2) is 4.98 Å². The fraction of sp³-hybridized carbons (Fsp3) is 0.333. The Kier molecular flexibility index (Phi) is 3.38. The molecule has 4 nitrogen and oxygen atoms in total. The van der Waals surface area contributed by atoms with Crippen LogP contribution < -0.4 is 5.73 Å². The quantitative estimate of drug-likeness (QED) is 0.880. The Balaban J connectivity index is 2.82. The van der Waals surface area contributed by atoms with Gasteiger partial charge in [0.2, 0.25) is 5.91 Å². The van der Waals surface area contributed by atoms with Gasteiger partial charge in [-0.15, -0.1) is 11.6 Å². The monoisotopic (exact) mass is 329 g/mol. The maximum Gasteiger partial charge on any atom is 0.243 e. The van der Waals surface area contributed by atoms with Crippen molar-refractivity contribution in [3.8, 4) is 0 Å². The first-order valence-electron chi connectivity index (χ1n) is 5.41.